The Labute approximate surface area is 131 Å². The summed E-state index contributed by atoms with van der Waals surface area (Å²) >= 11 is 3.35. The van der Waals surface area contributed by atoms with Crippen molar-refractivity contribution in [3.8, 4) is 5.75 Å². The van der Waals surface area contributed by atoms with E-state index in [0.717, 1.165) is 5.56 Å². The summed E-state index contributed by atoms with van der Waals surface area (Å²) in [6.45, 7) is 0. The van der Waals surface area contributed by atoms with Gasteiger partial charge in [0.1, 0.15) is 5.82 Å². The molecule has 0 aliphatic rings. The topological polar surface area (TPSA) is 21.3 Å². The van der Waals surface area contributed by atoms with Crippen LogP contribution in [-0.2, 0) is 6.42 Å². The van der Waals surface area contributed by atoms with Crippen molar-refractivity contribution in [2.75, 3.05) is 14.2 Å². The van der Waals surface area contributed by atoms with Crippen molar-refractivity contribution < 1.29 is 13.5 Å². The molecule has 1 atom stereocenters. The quantitative estimate of drug-likeness (QED) is 0.865. The first-order chi connectivity index (χ1) is 10.1. The van der Waals surface area contributed by atoms with Gasteiger partial charge >= 0.3 is 0 Å². The molecular weight excluding hydrogens is 340 g/mol. The van der Waals surface area contributed by atoms with Gasteiger partial charge in [-0.05, 0) is 42.8 Å². The Hall–Kier alpha value is -1.46. The fraction of sp³-hybridized carbons (Fsp3) is 0.250. The van der Waals surface area contributed by atoms with Gasteiger partial charge in [-0.1, -0.05) is 34.1 Å². The van der Waals surface area contributed by atoms with Gasteiger partial charge in [-0.3, -0.25) is 0 Å². The zero-order valence-corrected chi connectivity index (χ0v) is 13.4. The van der Waals surface area contributed by atoms with Crippen molar-refractivity contribution >= 4 is 15.9 Å². The van der Waals surface area contributed by atoms with Gasteiger partial charge in [0.05, 0.1) is 7.11 Å². The molecule has 0 amide bonds. The highest BCUT2D eigenvalue weighted by Crippen LogP contribution is 2.29. The fourth-order valence-electron chi connectivity index (χ4n) is 2.24. The van der Waals surface area contributed by atoms with Crippen LogP contribution in [0.5, 0.6) is 5.75 Å². The molecule has 0 saturated heterocycles. The lowest BCUT2D eigenvalue weighted by atomic mass is 9.98. The van der Waals surface area contributed by atoms with E-state index < -0.39 is 0 Å². The predicted octanol–water partition coefficient (Wildman–Crippen LogP) is 4.24. The molecule has 0 spiro atoms. The number of likely N-dealkylation sites (N-methyl/N-ethyl adjacent to an activating group) is 1. The average molecular weight is 356 g/mol. The van der Waals surface area contributed by atoms with E-state index in [4.69, 9.17) is 4.74 Å². The van der Waals surface area contributed by atoms with Crippen LogP contribution in [0.2, 0.25) is 0 Å². The van der Waals surface area contributed by atoms with E-state index in [0.29, 0.717) is 16.5 Å². The molecule has 1 N–H and O–H groups in total. The number of hydrogen-bond acceptors (Lipinski definition) is 2. The SMILES string of the molecule is CNC(Cc1cccc(OC)c1F)c1ccc(F)cc1Br. The second-order valence-electron chi connectivity index (χ2n) is 4.64. The van der Waals surface area contributed by atoms with Crippen molar-refractivity contribution in [3.05, 3.63) is 63.6 Å². The summed E-state index contributed by atoms with van der Waals surface area (Å²) in [6, 6.07) is 9.42. The Morgan fingerprint density at radius 1 is 1.24 bits per heavy atom. The second kappa shape index (κ2) is 7.00. The first-order valence-electron chi connectivity index (χ1n) is 6.50. The number of rotatable bonds is 5. The van der Waals surface area contributed by atoms with Gasteiger partial charge in [0.25, 0.3) is 0 Å². The highest BCUT2D eigenvalue weighted by Gasteiger charge is 2.17. The van der Waals surface area contributed by atoms with Gasteiger partial charge in [-0.25, -0.2) is 8.78 Å². The summed E-state index contributed by atoms with van der Waals surface area (Å²) in [5.41, 5.74) is 1.42. The lowest BCUT2D eigenvalue weighted by molar-refractivity contribution is 0.383. The minimum absolute atomic E-state index is 0.137. The molecule has 5 heteroatoms. The molecule has 0 heterocycles. The van der Waals surface area contributed by atoms with Crippen molar-refractivity contribution in [1.82, 2.24) is 5.32 Å². The first kappa shape index (κ1) is 15.9. The number of nitrogens with one attached hydrogen (secondary N) is 1. The van der Waals surface area contributed by atoms with E-state index in [-0.39, 0.29) is 23.4 Å². The van der Waals surface area contributed by atoms with E-state index in [1.165, 1.54) is 19.2 Å². The Balaban J connectivity index is 2.31. The third-order valence-corrected chi connectivity index (χ3v) is 4.06. The molecule has 0 aromatic heterocycles. The van der Waals surface area contributed by atoms with Gasteiger partial charge in [-0.15, -0.1) is 0 Å². The van der Waals surface area contributed by atoms with Crippen LogP contribution >= 0.6 is 15.9 Å². The van der Waals surface area contributed by atoms with Crippen LogP contribution in [0.1, 0.15) is 17.2 Å². The minimum Gasteiger partial charge on any atom is -0.494 e. The molecule has 0 saturated carbocycles. The molecule has 0 bridgehead atoms. The number of benzene rings is 2. The van der Waals surface area contributed by atoms with Crippen molar-refractivity contribution in [2.24, 2.45) is 0 Å². The summed E-state index contributed by atoms with van der Waals surface area (Å²) in [5, 5.41) is 3.13. The average Bonchev–Trinajstić information content (AvgIpc) is 2.47. The van der Waals surface area contributed by atoms with Gasteiger partial charge in [-0.2, -0.15) is 0 Å². The first-order valence-corrected chi connectivity index (χ1v) is 7.29. The molecule has 0 aliphatic heterocycles. The molecule has 0 aliphatic carbocycles. The van der Waals surface area contributed by atoms with Crippen LogP contribution in [-0.4, -0.2) is 14.2 Å². The molecule has 2 aromatic rings. The van der Waals surface area contributed by atoms with Gasteiger partial charge < -0.3 is 10.1 Å². The van der Waals surface area contributed by atoms with Crippen LogP contribution in [0.25, 0.3) is 0 Å². The minimum atomic E-state index is -0.363. The lowest BCUT2D eigenvalue weighted by Gasteiger charge is -2.19. The highest BCUT2D eigenvalue weighted by molar-refractivity contribution is 9.10. The summed E-state index contributed by atoms with van der Waals surface area (Å²) in [5.74, 6) is -0.452. The molecule has 2 aromatic carbocycles. The molecule has 2 nitrogen and oxygen atoms in total. The monoisotopic (exact) mass is 355 g/mol. The lowest BCUT2D eigenvalue weighted by Crippen LogP contribution is -2.20. The summed E-state index contributed by atoms with van der Waals surface area (Å²) in [6.07, 6.45) is 0.434. The van der Waals surface area contributed by atoms with Crippen LogP contribution in [0.15, 0.2) is 40.9 Å². The highest BCUT2D eigenvalue weighted by atomic mass is 79.9. The van der Waals surface area contributed by atoms with Crippen molar-refractivity contribution in [3.63, 3.8) is 0 Å². The van der Waals surface area contributed by atoms with Crippen LogP contribution in [0.4, 0.5) is 8.78 Å². The maximum atomic E-state index is 14.2. The maximum absolute atomic E-state index is 14.2. The number of hydrogen-bond donors (Lipinski definition) is 1. The molecule has 2 rings (SSSR count). The molecule has 112 valence electrons. The molecule has 0 fully saturated rings. The van der Waals surface area contributed by atoms with E-state index in [1.807, 2.05) is 0 Å². The molecule has 1 unspecified atom stereocenters. The largest absolute Gasteiger partial charge is 0.494 e. The van der Waals surface area contributed by atoms with E-state index >= 15 is 0 Å². The smallest absolute Gasteiger partial charge is 0.168 e. The Morgan fingerprint density at radius 3 is 2.62 bits per heavy atom. The van der Waals surface area contributed by atoms with E-state index in [9.17, 15) is 8.78 Å². The van der Waals surface area contributed by atoms with Crippen LogP contribution < -0.4 is 10.1 Å². The third kappa shape index (κ3) is 3.60. The van der Waals surface area contributed by atoms with Crippen LogP contribution in [0, 0.1) is 11.6 Å². The second-order valence-corrected chi connectivity index (χ2v) is 5.50. The maximum Gasteiger partial charge on any atom is 0.168 e. The summed E-state index contributed by atoms with van der Waals surface area (Å²) < 4.78 is 33.1. The third-order valence-electron chi connectivity index (χ3n) is 3.37. The van der Waals surface area contributed by atoms with E-state index in [2.05, 4.69) is 21.2 Å². The van der Waals surface area contributed by atoms with Crippen molar-refractivity contribution in [1.29, 1.82) is 0 Å². The van der Waals surface area contributed by atoms with Gasteiger partial charge in [0.15, 0.2) is 11.6 Å². The predicted molar refractivity (Wildman–Crippen MR) is 82.6 cm³/mol. The molecule has 0 radical (unpaired) electrons. The van der Waals surface area contributed by atoms with Gasteiger partial charge in [0, 0.05) is 10.5 Å². The zero-order chi connectivity index (χ0) is 15.4. The molecule has 21 heavy (non-hydrogen) atoms. The van der Waals surface area contributed by atoms with Gasteiger partial charge in [0.2, 0.25) is 0 Å². The Morgan fingerprint density at radius 2 is 2.00 bits per heavy atom. The zero-order valence-electron chi connectivity index (χ0n) is 11.8. The number of ether oxygens (including phenoxy) is 1. The number of halogens is 3. The fourth-order valence-corrected chi connectivity index (χ4v) is 2.87. The molecular formula is C16H16BrF2NO. The van der Waals surface area contributed by atoms with Crippen molar-refractivity contribution in [2.45, 2.75) is 12.5 Å². The summed E-state index contributed by atoms with van der Waals surface area (Å²) in [7, 11) is 3.23. The van der Waals surface area contributed by atoms with Crippen LogP contribution in [0.3, 0.4) is 0 Å². The number of methoxy groups -OCH3 is 1. The Bertz CT molecular complexity index is 634. The Kier molecular flexibility index (Phi) is 5.31. The normalized spacial score (nSPS) is 12.2. The van der Waals surface area contributed by atoms with E-state index in [1.54, 1.807) is 31.3 Å². The standard InChI is InChI=1S/C16H16BrF2NO/c1-20-14(12-7-6-11(18)9-13(12)17)8-10-4-3-5-15(21-2)16(10)19/h3-7,9,14,20H,8H2,1-2H3. The summed E-state index contributed by atoms with van der Waals surface area (Å²) in [4.78, 5) is 0.